The molecule has 0 saturated carbocycles. The lowest BCUT2D eigenvalue weighted by atomic mass is 10.0. The summed E-state index contributed by atoms with van der Waals surface area (Å²) in [5, 5.41) is 3.85. The number of halogens is 1. The first kappa shape index (κ1) is 24.2. The standard InChI is InChI=1S/C24H25FN6O3S2.H2/c1-16(31-14-11-20-21(25)3-2-4-22(20)31)23(32)28-17-9-12-30(13-10-17)18-5-7-19(8-6-18)36(33,34)29-24-26-15-27-35-24;/h2-8,11,14-17H,9-10,12-13H2,1H3,(H,28,32)(H,26,27,29);1H/t16-;/m1./s1. The van der Waals surface area contributed by atoms with Gasteiger partial charge < -0.3 is 14.8 Å². The average Bonchev–Trinajstić information content (AvgIpc) is 3.54. The van der Waals surface area contributed by atoms with E-state index in [9.17, 15) is 17.6 Å². The Morgan fingerprint density at radius 2 is 1.92 bits per heavy atom. The Labute approximate surface area is 213 Å². The van der Waals surface area contributed by atoms with E-state index in [-0.39, 0.29) is 29.2 Å². The summed E-state index contributed by atoms with van der Waals surface area (Å²) in [6.45, 7) is 3.27. The Morgan fingerprint density at radius 1 is 1.17 bits per heavy atom. The summed E-state index contributed by atoms with van der Waals surface area (Å²) >= 11 is 0.970. The molecular weight excluding hydrogens is 503 g/mol. The van der Waals surface area contributed by atoms with Crippen LogP contribution < -0.4 is 14.9 Å². The highest BCUT2D eigenvalue weighted by atomic mass is 32.2. The fourth-order valence-electron chi connectivity index (χ4n) is 4.45. The quantitative estimate of drug-likeness (QED) is 0.374. The largest absolute Gasteiger partial charge is 0.371 e. The molecule has 1 aliphatic rings. The summed E-state index contributed by atoms with van der Waals surface area (Å²) in [4.78, 5) is 19.1. The van der Waals surface area contributed by atoms with E-state index in [0.29, 0.717) is 10.9 Å². The Morgan fingerprint density at radius 3 is 2.61 bits per heavy atom. The van der Waals surface area contributed by atoms with Crippen LogP contribution in [-0.4, -0.2) is 47.4 Å². The second kappa shape index (κ2) is 9.86. The van der Waals surface area contributed by atoms with Crippen molar-refractivity contribution in [3.8, 4) is 0 Å². The molecule has 3 heterocycles. The molecule has 36 heavy (non-hydrogen) atoms. The van der Waals surface area contributed by atoms with Gasteiger partial charge >= 0.3 is 0 Å². The highest BCUT2D eigenvalue weighted by Gasteiger charge is 2.25. The molecule has 4 aromatic rings. The van der Waals surface area contributed by atoms with Crippen molar-refractivity contribution in [2.75, 3.05) is 22.7 Å². The number of carbonyl (C=O) groups is 1. The van der Waals surface area contributed by atoms with E-state index in [2.05, 4.69) is 24.3 Å². The van der Waals surface area contributed by atoms with E-state index in [1.165, 1.54) is 12.4 Å². The molecule has 0 spiro atoms. The van der Waals surface area contributed by atoms with Gasteiger partial charge in [-0.25, -0.2) is 17.8 Å². The van der Waals surface area contributed by atoms with Crippen molar-refractivity contribution in [2.45, 2.75) is 36.7 Å². The van der Waals surface area contributed by atoms with Crippen molar-refractivity contribution in [3.05, 3.63) is 66.9 Å². The molecule has 9 nitrogen and oxygen atoms in total. The maximum Gasteiger partial charge on any atom is 0.263 e. The van der Waals surface area contributed by atoms with Gasteiger partial charge in [0.1, 0.15) is 18.2 Å². The van der Waals surface area contributed by atoms with Gasteiger partial charge in [0.25, 0.3) is 10.0 Å². The van der Waals surface area contributed by atoms with Crippen LogP contribution in [0.1, 0.15) is 27.2 Å². The maximum atomic E-state index is 14.0. The van der Waals surface area contributed by atoms with Crippen LogP contribution >= 0.6 is 11.5 Å². The van der Waals surface area contributed by atoms with Crippen molar-refractivity contribution in [1.82, 2.24) is 19.2 Å². The van der Waals surface area contributed by atoms with Crippen molar-refractivity contribution in [2.24, 2.45) is 0 Å². The van der Waals surface area contributed by atoms with E-state index in [1.807, 2.05) is 13.0 Å². The molecule has 1 fully saturated rings. The average molecular weight is 531 g/mol. The number of carbonyl (C=O) groups excluding carboxylic acids is 1. The lowest BCUT2D eigenvalue weighted by molar-refractivity contribution is -0.124. The normalized spacial score (nSPS) is 15.7. The number of nitrogens with zero attached hydrogens (tertiary/aromatic N) is 4. The first-order valence-corrected chi connectivity index (χ1v) is 13.8. The molecule has 2 N–H and O–H groups in total. The van der Waals surface area contributed by atoms with E-state index >= 15 is 0 Å². The van der Waals surface area contributed by atoms with Crippen molar-refractivity contribution in [3.63, 3.8) is 0 Å². The Bertz CT molecular complexity index is 1470. The number of aromatic nitrogens is 3. The topological polar surface area (TPSA) is 109 Å². The van der Waals surface area contributed by atoms with Gasteiger partial charge in [-0.1, -0.05) is 6.07 Å². The minimum atomic E-state index is -3.73. The molecule has 2 aromatic heterocycles. The first-order valence-electron chi connectivity index (χ1n) is 11.5. The summed E-state index contributed by atoms with van der Waals surface area (Å²) in [7, 11) is -3.73. The second-order valence-electron chi connectivity index (χ2n) is 8.69. The van der Waals surface area contributed by atoms with Crippen LogP contribution in [0.2, 0.25) is 0 Å². The molecule has 1 amide bonds. The van der Waals surface area contributed by atoms with Gasteiger partial charge in [-0.05, 0) is 62.2 Å². The summed E-state index contributed by atoms with van der Waals surface area (Å²) in [6.07, 6.45) is 4.56. The van der Waals surface area contributed by atoms with Crippen molar-refractivity contribution >= 4 is 49.2 Å². The molecule has 1 aliphatic heterocycles. The Balaban J connectivity index is 0.00000320. The number of hydrogen-bond donors (Lipinski definition) is 2. The van der Waals surface area contributed by atoms with Gasteiger partial charge in [0.15, 0.2) is 0 Å². The molecule has 0 unspecified atom stereocenters. The summed E-state index contributed by atoms with van der Waals surface area (Å²) < 4.78 is 47.0. The zero-order valence-electron chi connectivity index (χ0n) is 19.5. The van der Waals surface area contributed by atoms with E-state index in [0.717, 1.165) is 43.2 Å². The zero-order valence-corrected chi connectivity index (χ0v) is 21.1. The van der Waals surface area contributed by atoms with Crippen LogP contribution in [0.25, 0.3) is 10.9 Å². The molecule has 0 aliphatic carbocycles. The highest BCUT2D eigenvalue weighted by molar-refractivity contribution is 7.93. The molecule has 1 saturated heterocycles. The molecule has 2 aromatic carbocycles. The van der Waals surface area contributed by atoms with Gasteiger partial charge in [0.2, 0.25) is 11.0 Å². The van der Waals surface area contributed by atoms with Gasteiger partial charge in [-0.15, -0.1) is 0 Å². The van der Waals surface area contributed by atoms with Crippen LogP contribution in [0, 0.1) is 5.82 Å². The number of anilines is 2. The van der Waals surface area contributed by atoms with Gasteiger partial charge in [0.05, 0.1) is 10.4 Å². The zero-order chi connectivity index (χ0) is 25.3. The van der Waals surface area contributed by atoms with Gasteiger partial charge in [-0.3, -0.25) is 9.52 Å². The summed E-state index contributed by atoms with van der Waals surface area (Å²) in [6, 6.07) is 12.8. The molecule has 190 valence electrons. The number of nitrogens with one attached hydrogen (secondary N) is 2. The molecular formula is C24H27FN6O3S2. The van der Waals surface area contributed by atoms with Crippen LogP contribution in [0.4, 0.5) is 15.2 Å². The second-order valence-corrected chi connectivity index (χ2v) is 11.1. The minimum Gasteiger partial charge on any atom is -0.371 e. The van der Waals surface area contributed by atoms with Crippen molar-refractivity contribution < 1.29 is 19.0 Å². The predicted octanol–water partition coefficient (Wildman–Crippen LogP) is 4.02. The number of fused-ring (bicyclic) bond motifs is 1. The molecule has 5 rings (SSSR count). The summed E-state index contributed by atoms with van der Waals surface area (Å²) in [5.41, 5.74) is 1.61. The van der Waals surface area contributed by atoms with Crippen LogP contribution in [0.3, 0.4) is 0 Å². The molecule has 0 bridgehead atoms. The Kier molecular flexibility index (Phi) is 6.63. The maximum absolute atomic E-state index is 14.0. The predicted molar refractivity (Wildman–Crippen MR) is 139 cm³/mol. The number of benzene rings is 2. The monoisotopic (exact) mass is 530 g/mol. The van der Waals surface area contributed by atoms with Crippen LogP contribution in [0.5, 0.6) is 0 Å². The molecule has 12 heteroatoms. The molecule has 0 radical (unpaired) electrons. The number of hydrogen-bond acceptors (Lipinski definition) is 7. The fraction of sp³-hybridized carbons (Fsp3) is 0.292. The van der Waals surface area contributed by atoms with Gasteiger partial charge in [-0.2, -0.15) is 4.37 Å². The third-order valence-electron chi connectivity index (χ3n) is 6.44. The number of amides is 1. The molecule has 1 atom stereocenters. The summed E-state index contributed by atoms with van der Waals surface area (Å²) in [5.74, 6) is -0.405. The van der Waals surface area contributed by atoms with Crippen LogP contribution in [0.15, 0.2) is 66.0 Å². The third kappa shape index (κ3) is 4.91. The minimum absolute atomic E-state index is 0. The van der Waals surface area contributed by atoms with Gasteiger partial charge in [0, 0.05) is 49.4 Å². The van der Waals surface area contributed by atoms with Crippen molar-refractivity contribution in [1.29, 1.82) is 0 Å². The SMILES string of the molecule is C[C@H](C(=O)NC1CCN(c2ccc(S(=O)(=O)Nc3ncns3)cc2)CC1)n1ccc2c(F)cccc21.[HH]. The Hall–Kier alpha value is -3.51. The van der Waals surface area contributed by atoms with E-state index < -0.39 is 16.1 Å². The number of piperidine rings is 1. The van der Waals surface area contributed by atoms with E-state index in [4.69, 9.17) is 0 Å². The fourth-order valence-corrected chi connectivity index (χ4v) is 6.11. The number of sulfonamides is 1. The third-order valence-corrected chi connectivity index (χ3v) is 8.51. The smallest absolute Gasteiger partial charge is 0.263 e. The number of rotatable bonds is 7. The van der Waals surface area contributed by atoms with Crippen LogP contribution in [-0.2, 0) is 14.8 Å². The lowest BCUT2D eigenvalue weighted by Gasteiger charge is -2.34. The first-order chi connectivity index (χ1) is 17.3. The lowest BCUT2D eigenvalue weighted by Crippen LogP contribution is -2.46. The highest BCUT2D eigenvalue weighted by Crippen LogP contribution is 2.25. The van der Waals surface area contributed by atoms with E-state index in [1.54, 1.807) is 47.2 Å².